The molecule has 0 bridgehead atoms. The molecule has 0 unspecified atom stereocenters. The Kier molecular flexibility index (Phi) is 5.07. The molecule has 3 heterocycles. The summed E-state index contributed by atoms with van der Waals surface area (Å²) in [6.45, 7) is 5.84. The van der Waals surface area contributed by atoms with Gasteiger partial charge in [-0.15, -0.1) is 17.9 Å². The van der Waals surface area contributed by atoms with E-state index in [1.165, 1.54) is 23.9 Å². The Bertz CT molecular complexity index is 739. The van der Waals surface area contributed by atoms with Gasteiger partial charge in [-0.3, -0.25) is 19.8 Å². The van der Waals surface area contributed by atoms with E-state index in [0.717, 1.165) is 23.5 Å². The Morgan fingerprint density at radius 2 is 2.38 bits per heavy atom. The summed E-state index contributed by atoms with van der Waals surface area (Å²) in [6.07, 6.45) is 5.27. The zero-order valence-corrected chi connectivity index (χ0v) is 13.9. The number of nitrogens with one attached hydrogen (secondary N) is 2. The molecule has 2 amide bonds. The first-order valence-corrected chi connectivity index (χ1v) is 8.39. The largest absolute Gasteiger partial charge is 0.472 e. The molecule has 2 N–H and O–H groups in total. The van der Waals surface area contributed by atoms with Crippen LogP contribution in [0.1, 0.15) is 20.9 Å². The monoisotopic (exact) mass is 346 g/mol. The quantitative estimate of drug-likeness (QED) is 0.777. The topological polar surface area (TPSA) is 87.5 Å². The highest BCUT2D eigenvalue weighted by Gasteiger charge is 2.23. The summed E-state index contributed by atoms with van der Waals surface area (Å²) in [4.78, 5) is 31.4. The van der Waals surface area contributed by atoms with E-state index >= 15 is 0 Å². The Balaban J connectivity index is 1.59. The number of rotatable bonds is 6. The summed E-state index contributed by atoms with van der Waals surface area (Å²) in [5.41, 5.74) is 1.45. The van der Waals surface area contributed by atoms with E-state index in [4.69, 9.17) is 4.42 Å². The van der Waals surface area contributed by atoms with Gasteiger partial charge in [-0.25, -0.2) is 4.98 Å². The van der Waals surface area contributed by atoms with Crippen LogP contribution in [0.25, 0.3) is 0 Å². The van der Waals surface area contributed by atoms with Gasteiger partial charge in [0.25, 0.3) is 5.91 Å². The lowest BCUT2D eigenvalue weighted by Gasteiger charge is -2.24. The molecule has 2 aromatic heterocycles. The van der Waals surface area contributed by atoms with Crippen molar-refractivity contribution < 1.29 is 14.0 Å². The van der Waals surface area contributed by atoms with Crippen LogP contribution in [0.2, 0.25) is 0 Å². The van der Waals surface area contributed by atoms with Crippen LogP contribution in [0.3, 0.4) is 0 Å². The molecule has 0 fully saturated rings. The van der Waals surface area contributed by atoms with Gasteiger partial charge in [-0.1, -0.05) is 6.08 Å². The summed E-state index contributed by atoms with van der Waals surface area (Å²) >= 11 is 1.45. The molecular weight excluding hydrogens is 328 g/mol. The number of aromatic nitrogens is 1. The van der Waals surface area contributed by atoms with Crippen LogP contribution < -0.4 is 10.6 Å². The molecule has 0 aromatic carbocycles. The number of thiazole rings is 1. The molecule has 0 saturated carbocycles. The number of carbonyl (C=O) groups excluding carboxylic acids is 2. The Morgan fingerprint density at radius 1 is 1.50 bits per heavy atom. The highest BCUT2D eigenvalue weighted by molar-refractivity contribution is 7.15. The van der Waals surface area contributed by atoms with Crippen molar-refractivity contribution in [1.29, 1.82) is 0 Å². The van der Waals surface area contributed by atoms with Gasteiger partial charge in [-0.2, -0.15) is 0 Å². The molecule has 3 rings (SSSR count). The molecule has 126 valence electrons. The molecule has 0 radical (unpaired) electrons. The molecule has 0 atom stereocenters. The van der Waals surface area contributed by atoms with Crippen molar-refractivity contribution in [2.75, 3.05) is 25.0 Å². The average molecular weight is 346 g/mol. The first-order valence-electron chi connectivity index (χ1n) is 7.58. The van der Waals surface area contributed by atoms with Gasteiger partial charge in [0, 0.05) is 30.9 Å². The lowest BCUT2D eigenvalue weighted by molar-refractivity contribution is -0.122. The third kappa shape index (κ3) is 3.90. The van der Waals surface area contributed by atoms with E-state index < -0.39 is 0 Å². The fraction of sp³-hybridized carbons (Fsp3) is 0.312. The lowest BCUT2D eigenvalue weighted by atomic mass is 10.2. The summed E-state index contributed by atoms with van der Waals surface area (Å²) in [7, 11) is 0. The normalized spacial score (nSPS) is 14.0. The number of amides is 2. The standard InChI is InChI=1S/C16H18N4O3S/c1-2-5-17-14(21)9-20-6-3-12-13(8-20)24-16(18-12)19-15(22)11-4-7-23-10-11/h2,4,7,10H,1,3,5-6,8-9H2,(H,17,21)(H,18,19,22). The first kappa shape index (κ1) is 16.4. The van der Waals surface area contributed by atoms with E-state index in [-0.39, 0.29) is 11.8 Å². The van der Waals surface area contributed by atoms with E-state index in [0.29, 0.717) is 30.3 Å². The number of hydrogen-bond donors (Lipinski definition) is 2. The SMILES string of the molecule is C=CCNC(=O)CN1CCc2nc(NC(=O)c3ccoc3)sc2C1. The number of anilines is 1. The molecule has 1 aliphatic rings. The fourth-order valence-corrected chi connectivity index (χ4v) is 3.49. The second-order valence-corrected chi connectivity index (χ2v) is 6.49. The van der Waals surface area contributed by atoms with Gasteiger partial charge < -0.3 is 9.73 Å². The van der Waals surface area contributed by atoms with Crippen molar-refractivity contribution in [3.05, 3.63) is 47.4 Å². The summed E-state index contributed by atoms with van der Waals surface area (Å²) in [5, 5.41) is 6.13. The molecular formula is C16H18N4O3S. The highest BCUT2D eigenvalue weighted by atomic mass is 32.1. The van der Waals surface area contributed by atoms with E-state index in [2.05, 4.69) is 27.1 Å². The number of hydrogen-bond acceptors (Lipinski definition) is 6. The maximum Gasteiger partial charge on any atom is 0.260 e. The van der Waals surface area contributed by atoms with E-state index in [1.54, 1.807) is 12.1 Å². The van der Waals surface area contributed by atoms with Gasteiger partial charge in [0.2, 0.25) is 5.91 Å². The van der Waals surface area contributed by atoms with Gasteiger partial charge in [0.05, 0.1) is 24.1 Å². The maximum atomic E-state index is 12.0. The van der Waals surface area contributed by atoms with Crippen LogP contribution in [0.5, 0.6) is 0 Å². The highest BCUT2D eigenvalue weighted by Crippen LogP contribution is 2.28. The maximum absolute atomic E-state index is 12.0. The van der Waals surface area contributed by atoms with Crippen LogP contribution in [0.4, 0.5) is 5.13 Å². The van der Waals surface area contributed by atoms with Gasteiger partial charge >= 0.3 is 0 Å². The zero-order valence-electron chi connectivity index (χ0n) is 13.1. The molecule has 0 spiro atoms. The second-order valence-electron chi connectivity index (χ2n) is 5.41. The number of carbonyl (C=O) groups is 2. The fourth-order valence-electron chi connectivity index (χ4n) is 2.44. The van der Waals surface area contributed by atoms with Gasteiger partial charge in [0.1, 0.15) is 6.26 Å². The van der Waals surface area contributed by atoms with Crippen molar-refractivity contribution in [1.82, 2.24) is 15.2 Å². The molecule has 0 aliphatic carbocycles. The van der Waals surface area contributed by atoms with Crippen molar-refractivity contribution in [2.45, 2.75) is 13.0 Å². The average Bonchev–Trinajstić information content (AvgIpc) is 3.21. The lowest BCUT2D eigenvalue weighted by Crippen LogP contribution is -2.39. The predicted octanol–water partition coefficient (Wildman–Crippen LogP) is 1.65. The predicted molar refractivity (Wildman–Crippen MR) is 91.0 cm³/mol. The summed E-state index contributed by atoms with van der Waals surface area (Å²) in [6, 6.07) is 1.60. The molecule has 24 heavy (non-hydrogen) atoms. The van der Waals surface area contributed by atoms with Crippen molar-refractivity contribution in [3.8, 4) is 0 Å². The summed E-state index contributed by atoms with van der Waals surface area (Å²) in [5.74, 6) is -0.258. The number of furan rings is 1. The number of nitrogens with zero attached hydrogens (tertiary/aromatic N) is 2. The van der Waals surface area contributed by atoms with Crippen LogP contribution >= 0.6 is 11.3 Å². The minimum atomic E-state index is -0.240. The van der Waals surface area contributed by atoms with E-state index in [9.17, 15) is 9.59 Å². The van der Waals surface area contributed by atoms with Crippen molar-refractivity contribution in [3.63, 3.8) is 0 Å². The Hall–Kier alpha value is -2.45. The summed E-state index contributed by atoms with van der Waals surface area (Å²) < 4.78 is 4.91. The Labute approximate surface area is 143 Å². The zero-order chi connectivity index (χ0) is 16.9. The van der Waals surface area contributed by atoms with E-state index in [1.807, 2.05) is 0 Å². The van der Waals surface area contributed by atoms with Crippen LogP contribution in [-0.4, -0.2) is 41.3 Å². The molecule has 2 aromatic rings. The van der Waals surface area contributed by atoms with Crippen molar-refractivity contribution >= 4 is 28.3 Å². The number of fused-ring (bicyclic) bond motifs is 1. The molecule has 7 nitrogen and oxygen atoms in total. The smallest absolute Gasteiger partial charge is 0.260 e. The van der Waals surface area contributed by atoms with Crippen LogP contribution in [0, 0.1) is 0 Å². The van der Waals surface area contributed by atoms with Crippen LogP contribution in [-0.2, 0) is 17.8 Å². The van der Waals surface area contributed by atoms with Crippen molar-refractivity contribution in [2.24, 2.45) is 0 Å². The second kappa shape index (κ2) is 7.41. The third-order valence-corrected chi connectivity index (χ3v) is 4.62. The van der Waals surface area contributed by atoms with Gasteiger partial charge in [0.15, 0.2) is 5.13 Å². The Morgan fingerprint density at radius 3 is 3.12 bits per heavy atom. The first-order chi connectivity index (χ1) is 11.7. The molecule has 0 saturated heterocycles. The molecule has 8 heteroatoms. The molecule has 1 aliphatic heterocycles. The van der Waals surface area contributed by atoms with Gasteiger partial charge in [-0.05, 0) is 6.07 Å². The minimum absolute atomic E-state index is 0.0173. The van der Waals surface area contributed by atoms with Crippen LogP contribution in [0.15, 0.2) is 35.7 Å². The minimum Gasteiger partial charge on any atom is -0.472 e. The third-order valence-electron chi connectivity index (χ3n) is 3.62.